The molecule has 0 radical (unpaired) electrons. The van der Waals surface area contributed by atoms with Gasteiger partial charge in [-0.15, -0.1) is 0 Å². The van der Waals surface area contributed by atoms with Gasteiger partial charge < -0.3 is 0 Å². The van der Waals surface area contributed by atoms with E-state index in [0.717, 1.165) is 0 Å². The minimum atomic E-state index is -0.164. The summed E-state index contributed by atoms with van der Waals surface area (Å²) in [5, 5.41) is 6.87. The number of rotatable bonds is 1. The summed E-state index contributed by atoms with van der Waals surface area (Å²) in [5.41, 5.74) is 0.505. The Morgan fingerprint density at radius 1 is 1.19 bits per heavy atom. The number of hydrogen-bond acceptors (Lipinski definition) is 4. The van der Waals surface area contributed by atoms with Crippen molar-refractivity contribution in [1.82, 2.24) is 24.7 Å². The lowest BCUT2D eigenvalue weighted by Crippen LogP contribution is -2.19. The third-order valence-corrected chi connectivity index (χ3v) is 2.30. The highest BCUT2D eigenvalue weighted by Crippen LogP contribution is 2.05. The standard InChI is InChI=1S/C10H7N5O/c16-9-7-3-1-2-4-8(7)12-6-15(9)10-11-5-13-14-10/h1-6H,(H,11,13,14). The average molecular weight is 213 g/mol. The van der Waals surface area contributed by atoms with E-state index < -0.39 is 0 Å². The second kappa shape index (κ2) is 3.27. The summed E-state index contributed by atoms with van der Waals surface area (Å²) < 4.78 is 1.33. The molecule has 0 spiro atoms. The van der Waals surface area contributed by atoms with E-state index in [1.165, 1.54) is 17.2 Å². The number of H-pyrrole nitrogens is 1. The van der Waals surface area contributed by atoms with Gasteiger partial charge in [-0.1, -0.05) is 12.1 Å². The Bertz CT molecular complexity index is 686. The molecule has 0 saturated carbocycles. The van der Waals surface area contributed by atoms with Crippen molar-refractivity contribution in [3.05, 3.63) is 47.3 Å². The zero-order chi connectivity index (χ0) is 11.0. The molecule has 0 atom stereocenters. The molecule has 0 aliphatic carbocycles. The fourth-order valence-electron chi connectivity index (χ4n) is 1.54. The molecular weight excluding hydrogens is 206 g/mol. The summed E-state index contributed by atoms with van der Waals surface area (Å²) in [7, 11) is 0. The number of nitrogens with one attached hydrogen (secondary N) is 1. The van der Waals surface area contributed by atoms with Crippen LogP contribution in [0.3, 0.4) is 0 Å². The van der Waals surface area contributed by atoms with Crippen molar-refractivity contribution in [2.75, 3.05) is 0 Å². The van der Waals surface area contributed by atoms with Crippen LogP contribution in [0, 0.1) is 0 Å². The highest BCUT2D eigenvalue weighted by molar-refractivity contribution is 5.77. The number of nitrogens with zero attached hydrogens (tertiary/aromatic N) is 4. The first-order chi connectivity index (χ1) is 7.86. The molecule has 0 aliphatic rings. The van der Waals surface area contributed by atoms with Crippen molar-refractivity contribution in [2.24, 2.45) is 0 Å². The number of benzene rings is 1. The van der Waals surface area contributed by atoms with Gasteiger partial charge in [0.2, 0.25) is 5.95 Å². The summed E-state index contributed by atoms with van der Waals surface area (Å²) in [6.45, 7) is 0. The number of fused-ring (bicyclic) bond motifs is 1. The minimum absolute atomic E-state index is 0.164. The van der Waals surface area contributed by atoms with Crippen LogP contribution < -0.4 is 5.56 Å². The Morgan fingerprint density at radius 2 is 2.06 bits per heavy atom. The topological polar surface area (TPSA) is 76.5 Å². The first-order valence-corrected chi connectivity index (χ1v) is 4.68. The van der Waals surface area contributed by atoms with E-state index in [2.05, 4.69) is 20.2 Å². The van der Waals surface area contributed by atoms with E-state index >= 15 is 0 Å². The molecule has 1 aromatic carbocycles. The van der Waals surface area contributed by atoms with Crippen LogP contribution in [0.2, 0.25) is 0 Å². The van der Waals surface area contributed by atoms with Crippen molar-refractivity contribution in [3.8, 4) is 5.95 Å². The maximum absolute atomic E-state index is 12.1. The molecule has 0 aliphatic heterocycles. The van der Waals surface area contributed by atoms with Gasteiger partial charge in [0.15, 0.2) is 0 Å². The van der Waals surface area contributed by atoms with Gasteiger partial charge >= 0.3 is 0 Å². The Morgan fingerprint density at radius 3 is 2.88 bits per heavy atom. The molecule has 2 heterocycles. The van der Waals surface area contributed by atoms with E-state index in [9.17, 15) is 4.79 Å². The lowest BCUT2D eigenvalue weighted by atomic mass is 10.2. The summed E-state index contributed by atoms with van der Waals surface area (Å²) in [5.74, 6) is 0.364. The molecule has 0 saturated heterocycles. The summed E-state index contributed by atoms with van der Waals surface area (Å²) in [6, 6.07) is 7.17. The van der Waals surface area contributed by atoms with Crippen LogP contribution in [0.4, 0.5) is 0 Å². The van der Waals surface area contributed by atoms with E-state index in [1.54, 1.807) is 18.2 Å². The molecular formula is C10H7N5O. The second-order valence-electron chi connectivity index (χ2n) is 3.25. The minimum Gasteiger partial charge on any atom is -0.268 e. The highest BCUT2D eigenvalue weighted by atomic mass is 16.1. The molecule has 3 aromatic rings. The van der Waals surface area contributed by atoms with Gasteiger partial charge in [0, 0.05) is 0 Å². The Labute approximate surface area is 89.6 Å². The van der Waals surface area contributed by atoms with Gasteiger partial charge in [0.05, 0.1) is 10.9 Å². The van der Waals surface area contributed by atoms with Crippen LogP contribution >= 0.6 is 0 Å². The molecule has 6 heteroatoms. The molecule has 2 aromatic heterocycles. The normalized spacial score (nSPS) is 10.8. The molecule has 0 unspecified atom stereocenters. The van der Waals surface area contributed by atoms with Gasteiger partial charge in [-0.05, 0) is 12.1 Å². The van der Waals surface area contributed by atoms with Gasteiger partial charge in [-0.25, -0.2) is 14.6 Å². The average Bonchev–Trinajstić information content (AvgIpc) is 2.83. The molecule has 3 rings (SSSR count). The number of hydrogen-bond donors (Lipinski definition) is 1. The van der Waals surface area contributed by atoms with Crippen LogP contribution in [0.25, 0.3) is 16.9 Å². The van der Waals surface area contributed by atoms with Crippen molar-refractivity contribution in [3.63, 3.8) is 0 Å². The maximum atomic E-state index is 12.1. The van der Waals surface area contributed by atoms with Gasteiger partial charge in [-0.3, -0.25) is 4.79 Å². The van der Waals surface area contributed by atoms with Crippen LogP contribution in [0.15, 0.2) is 41.7 Å². The molecule has 78 valence electrons. The summed E-state index contributed by atoms with van der Waals surface area (Å²) >= 11 is 0. The van der Waals surface area contributed by atoms with Gasteiger partial charge in [0.1, 0.15) is 12.7 Å². The van der Waals surface area contributed by atoms with Gasteiger partial charge in [-0.2, -0.15) is 10.1 Å². The number of aromatic amines is 1. The van der Waals surface area contributed by atoms with Crippen LogP contribution in [-0.2, 0) is 0 Å². The second-order valence-corrected chi connectivity index (χ2v) is 3.25. The maximum Gasteiger partial charge on any atom is 0.268 e. The first kappa shape index (κ1) is 8.78. The third kappa shape index (κ3) is 1.20. The van der Waals surface area contributed by atoms with Crippen molar-refractivity contribution >= 4 is 10.9 Å². The lowest BCUT2D eigenvalue weighted by molar-refractivity contribution is 0.877. The Hall–Kier alpha value is -2.50. The molecule has 16 heavy (non-hydrogen) atoms. The van der Waals surface area contributed by atoms with Gasteiger partial charge in [0.25, 0.3) is 5.56 Å². The Balaban J connectivity index is 2.37. The molecule has 6 nitrogen and oxygen atoms in total. The predicted molar refractivity (Wildman–Crippen MR) is 57.3 cm³/mol. The number of para-hydroxylation sites is 1. The smallest absolute Gasteiger partial charge is 0.268 e. The predicted octanol–water partition coefficient (Wildman–Crippen LogP) is 0.504. The molecule has 0 bridgehead atoms. The molecule has 0 amide bonds. The van der Waals surface area contributed by atoms with Crippen LogP contribution in [0.5, 0.6) is 0 Å². The highest BCUT2D eigenvalue weighted by Gasteiger charge is 2.06. The van der Waals surface area contributed by atoms with E-state index in [0.29, 0.717) is 16.9 Å². The van der Waals surface area contributed by atoms with Crippen LogP contribution in [0.1, 0.15) is 0 Å². The van der Waals surface area contributed by atoms with E-state index in [-0.39, 0.29) is 5.56 Å². The summed E-state index contributed by atoms with van der Waals surface area (Å²) in [6.07, 6.45) is 2.78. The van der Waals surface area contributed by atoms with E-state index in [4.69, 9.17) is 0 Å². The van der Waals surface area contributed by atoms with Crippen molar-refractivity contribution in [2.45, 2.75) is 0 Å². The third-order valence-electron chi connectivity index (χ3n) is 2.30. The SMILES string of the molecule is O=c1c2ccccc2ncn1-c1ncn[nH]1. The Kier molecular flexibility index (Phi) is 1.79. The first-order valence-electron chi connectivity index (χ1n) is 4.68. The molecule has 1 N–H and O–H groups in total. The fourth-order valence-corrected chi connectivity index (χ4v) is 1.54. The zero-order valence-corrected chi connectivity index (χ0v) is 8.16. The van der Waals surface area contributed by atoms with Crippen molar-refractivity contribution in [1.29, 1.82) is 0 Å². The zero-order valence-electron chi connectivity index (χ0n) is 8.16. The van der Waals surface area contributed by atoms with Crippen LogP contribution in [-0.4, -0.2) is 24.7 Å². The molecule has 0 fully saturated rings. The quantitative estimate of drug-likeness (QED) is 0.638. The number of aromatic nitrogens is 5. The van der Waals surface area contributed by atoms with E-state index in [1.807, 2.05) is 6.07 Å². The summed E-state index contributed by atoms with van der Waals surface area (Å²) in [4.78, 5) is 20.1. The van der Waals surface area contributed by atoms with Crippen molar-refractivity contribution < 1.29 is 0 Å². The largest absolute Gasteiger partial charge is 0.268 e. The lowest BCUT2D eigenvalue weighted by Gasteiger charge is -2.01. The fraction of sp³-hybridized carbons (Fsp3) is 0. The monoisotopic (exact) mass is 213 g/mol.